The van der Waals surface area contributed by atoms with Crippen LogP contribution in [0.5, 0.6) is 0 Å². The van der Waals surface area contributed by atoms with E-state index in [1.807, 2.05) is 0 Å². The molecule has 6 nitrogen and oxygen atoms in total. The van der Waals surface area contributed by atoms with Crippen molar-refractivity contribution in [3.63, 3.8) is 0 Å². The highest BCUT2D eigenvalue weighted by Gasteiger charge is 2.45. The largest absolute Gasteiger partial charge is 0.492 e. The van der Waals surface area contributed by atoms with Crippen LogP contribution in [0.2, 0.25) is 5.02 Å². The Balaban J connectivity index is 1.62. The van der Waals surface area contributed by atoms with Crippen LogP contribution in [0.4, 0.5) is 18.9 Å². The fraction of sp³-hybridized carbons (Fsp3) is 0.286. The van der Waals surface area contributed by atoms with Gasteiger partial charge in [-0.15, -0.1) is 0 Å². The molecule has 1 unspecified atom stereocenters. The van der Waals surface area contributed by atoms with Crippen LogP contribution in [0.15, 0.2) is 46.6 Å². The summed E-state index contributed by atoms with van der Waals surface area (Å²) in [5.74, 6) is -5.10. The zero-order valence-electron chi connectivity index (χ0n) is 16.5. The number of aliphatic hydroxyl groups is 1. The first-order valence-corrected chi connectivity index (χ1v) is 11.4. The molecule has 1 fully saturated rings. The summed E-state index contributed by atoms with van der Waals surface area (Å²) in [5.41, 5.74) is 0.109. The highest BCUT2D eigenvalue weighted by Crippen LogP contribution is 2.41. The lowest BCUT2D eigenvalue weighted by atomic mass is 10.1. The number of rotatable bonds is 4. The normalized spacial score (nSPS) is 22.6. The van der Waals surface area contributed by atoms with E-state index in [1.165, 1.54) is 12.1 Å². The third kappa shape index (κ3) is 3.87. The van der Waals surface area contributed by atoms with Crippen molar-refractivity contribution in [3.05, 3.63) is 69.7 Å². The van der Waals surface area contributed by atoms with Crippen molar-refractivity contribution in [3.8, 4) is 0 Å². The van der Waals surface area contributed by atoms with E-state index in [1.54, 1.807) is 6.92 Å². The third-order valence-corrected chi connectivity index (χ3v) is 8.25. The molecule has 0 aliphatic carbocycles. The van der Waals surface area contributed by atoms with Gasteiger partial charge >= 0.3 is 0 Å². The van der Waals surface area contributed by atoms with Crippen LogP contribution in [-0.4, -0.2) is 36.9 Å². The van der Waals surface area contributed by atoms with E-state index < -0.39 is 50.7 Å². The van der Waals surface area contributed by atoms with Crippen molar-refractivity contribution in [1.29, 1.82) is 0 Å². The number of anilines is 1. The summed E-state index contributed by atoms with van der Waals surface area (Å²) in [4.78, 5) is 12.3. The van der Waals surface area contributed by atoms with Crippen LogP contribution in [0.1, 0.15) is 30.1 Å². The molecule has 2 N–H and O–H groups in total. The van der Waals surface area contributed by atoms with Crippen molar-refractivity contribution >= 4 is 33.0 Å². The van der Waals surface area contributed by atoms with Gasteiger partial charge < -0.3 is 15.2 Å². The molecule has 2 aromatic rings. The Hall–Kier alpha value is -2.56. The number of hydrogen-bond acceptors (Lipinski definition) is 5. The Morgan fingerprint density at radius 3 is 2.47 bits per heavy atom. The minimum Gasteiger partial charge on any atom is -0.492 e. The molecule has 4 rings (SSSR count). The summed E-state index contributed by atoms with van der Waals surface area (Å²) in [7, 11) is -4.02. The second kappa shape index (κ2) is 8.09. The van der Waals surface area contributed by atoms with Crippen LogP contribution in [-0.2, 0) is 14.6 Å². The van der Waals surface area contributed by atoms with Gasteiger partial charge in [-0.2, -0.15) is 0 Å². The number of ether oxygens (including phenoxy) is 1. The second-order valence-electron chi connectivity index (χ2n) is 7.67. The highest BCUT2D eigenvalue weighted by molar-refractivity contribution is 7.92. The topological polar surface area (TPSA) is 92.7 Å². The van der Waals surface area contributed by atoms with Gasteiger partial charge in [0.2, 0.25) is 0 Å². The van der Waals surface area contributed by atoms with Crippen LogP contribution in [0.25, 0.3) is 0 Å². The number of carbonyl (C=O) groups excluding carboxylic acids is 1. The summed E-state index contributed by atoms with van der Waals surface area (Å²) < 4.78 is 72.0. The van der Waals surface area contributed by atoms with Gasteiger partial charge in [0.25, 0.3) is 5.91 Å². The molecule has 11 heteroatoms. The number of carbonyl (C=O) groups is 1. The zero-order valence-corrected chi connectivity index (χ0v) is 18.1. The molecule has 0 saturated carbocycles. The third-order valence-electron chi connectivity index (χ3n) is 5.62. The van der Waals surface area contributed by atoms with E-state index in [-0.39, 0.29) is 34.0 Å². The van der Waals surface area contributed by atoms with E-state index in [9.17, 15) is 31.5 Å². The van der Waals surface area contributed by atoms with Gasteiger partial charge in [0.05, 0.1) is 20.9 Å². The lowest BCUT2D eigenvalue weighted by Crippen LogP contribution is -2.35. The lowest BCUT2D eigenvalue weighted by molar-refractivity contribution is 0.0257. The van der Waals surface area contributed by atoms with Crippen molar-refractivity contribution < 1.29 is 36.2 Å². The van der Waals surface area contributed by atoms with E-state index in [0.717, 1.165) is 6.07 Å². The zero-order chi connectivity index (χ0) is 23.4. The molecule has 2 aliphatic rings. The van der Waals surface area contributed by atoms with Gasteiger partial charge in [0, 0.05) is 36.2 Å². The Bertz CT molecular complexity index is 1240. The Morgan fingerprint density at radius 1 is 1.19 bits per heavy atom. The SMILES string of the molecule is CC1=C2CC(S(=O)(=O)c3cc(C(=O)Nc4cc(F)c(F)c(F)c4)ccc3Cl)C[C@H](O2)[C@@H]1O. The smallest absolute Gasteiger partial charge is 0.255 e. The summed E-state index contributed by atoms with van der Waals surface area (Å²) in [6.45, 7) is 1.67. The molecule has 2 bridgehead atoms. The molecule has 170 valence electrons. The number of aliphatic hydroxyl groups excluding tert-OH is 1. The predicted molar refractivity (Wildman–Crippen MR) is 110 cm³/mol. The van der Waals surface area contributed by atoms with E-state index in [2.05, 4.69) is 5.32 Å². The number of nitrogens with one attached hydrogen (secondary N) is 1. The standard InChI is InChI=1S/C21H17ClF3NO5S/c1-9-16-7-12(8-17(31-16)20(9)27)32(29,30)18-4-10(2-3-13(18)22)21(28)26-11-5-14(23)19(25)15(24)6-11/h2-6,12,17,20,27H,7-8H2,1H3,(H,26,28)/t12?,17-,20+/m0/s1. The molecular weight excluding hydrogens is 471 g/mol. The summed E-state index contributed by atoms with van der Waals surface area (Å²) >= 11 is 6.13. The highest BCUT2D eigenvalue weighted by atomic mass is 35.5. The van der Waals surface area contributed by atoms with Gasteiger partial charge in [-0.05, 0) is 30.7 Å². The number of hydrogen-bond donors (Lipinski definition) is 2. The minimum atomic E-state index is -4.02. The molecule has 2 aliphatic heterocycles. The van der Waals surface area contributed by atoms with Gasteiger partial charge in [-0.1, -0.05) is 11.6 Å². The van der Waals surface area contributed by atoms with Crippen LogP contribution in [0, 0.1) is 17.5 Å². The first-order valence-electron chi connectivity index (χ1n) is 9.52. The number of halogens is 4. The maximum Gasteiger partial charge on any atom is 0.255 e. The molecule has 1 amide bonds. The van der Waals surface area contributed by atoms with Crippen molar-refractivity contribution in [1.82, 2.24) is 0 Å². The summed E-state index contributed by atoms with van der Waals surface area (Å²) in [6, 6.07) is 4.74. The molecule has 32 heavy (non-hydrogen) atoms. The maximum absolute atomic E-state index is 13.4. The van der Waals surface area contributed by atoms with Gasteiger partial charge in [-0.3, -0.25) is 4.79 Å². The van der Waals surface area contributed by atoms with Gasteiger partial charge in [-0.25, -0.2) is 21.6 Å². The fourth-order valence-corrected chi connectivity index (χ4v) is 6.07. The van der Waals surface area contributed by atoms with Crippen molar-refractivity contribution in [2.75, 3.05) is 5.32 Å². The maximum atomic E-state index is 13.4. The molecule has 1 saturated heterocycles. The number of fused-ring (bicyclic) bond motifs is 2. The molecule has 3 atom stereocenters. The molecule has 0 spiro atoms. The number of amides is 1. The Labute approximate surface area is 186 Å². The molecular formula is C21H17ClF3NO5S. The van der Waals surface area contributed by atoms with Crippen LogP contribution >= 0.6 is 11.6 Å². The first kappa shape index (κ1) is 22.6. The van der Waals surface area contributed by atoms with Crippen molar-refractivity contribution in [2.45, 2.75) is 42.1 Å². The Kier molecular flexibility index (Phi) is 5.72. The average molecular weight is 488 g/mol. The molecule has 0 aromatic heterocycles. The van der Waals surface area contributed by atoms with E-state index >= 15 is 0 Å². The number of sulfone groups is 1. The molecule has 2 aromatic carbocycles. The predicted octanol–water partition coefficient (Wildman–Crippen LogP) is 3.98. The minimum absolute atomic E-state index is 0.0469. The molecule has 0 radical (unpaired) electrons. The quantitative estimate of drug-likeness (QED) is 0.636. The first-order chi connectivity index (χ1) is 15.0. The number of allylic oxidation sites excluding steroid dienone is 1. The monoisotopic (exact) mass is 487 g/mol. The van der Waals surface area contributed by atoms with E-state index in [0.29, 0.717) is 23.5 Å². The van der Waals surface area contributed by atoms with Gasteiger partial charge in [0.1, 0.15) is 12.2 Å². The Morgan fingerprint density at radius 2 is 1.84 bits per heavy atom. The fourth-order valence-electron chi connectivity index (χ4n) is 3.83. The van der Waals surface area contributed by atoms with E-state index in [4.69, 9.17) is 16.3 Å². The van der Waals surface area contributed by atoms with Gasteiger partial charge in [0.15, 0.2) is 27.3 Å². The van der Waals surface area contributed by atoms with Crippen LogP contribution < -0.4 is 5.32 Å². The lowest BCUT2D eigenvalue weighted by Gasteiger charge is -2.28. The summed E-state index contributed by atoms with van der Waals surface area (Å²) in [5, 5.41) is 11.3. The molecule has 2 heterocycles. The average Bonchev–Trinajstić information content (AvgIpc) is 2.94. The second-order valence-corrected chi connectivity index (χ2v) is 10.3. The van der Waals surface area contributed by atoms with Crippen LogP contribution in [0.3, 0.4) is 0 Å². The van der Waals surface area contributed by atoms with Crippen molar-refractivity contribution in [2.24, 2.45) is 0 Å². The summed E-state index contributed by atoms with van der Waals surface area (Å²) in [6.07, 6.45) is -1.45. The number of benzene rings is 2.